The van der Waals surface area contributed by atoms with Crippen LogP contribution in [-0.4, -0.2) is 38.3 Å². The molecule has 122 valence electrons. The zero-order valence-electron chi connectivity index (χ0n) is 12.6. The van der Waals surface area contributed by atoms with E-state index in [1.165, 1.54) is 25.1 Å². The fourth-order valence-corrected chi connectivity index (χ4v) is 2.26. The predicted molar refractivity (Wildman–Crippen MR) is 87.0 cm³/mol. The molecule has 0 aliphatic heterocycles. The number of nitrogens with one attached hydrogen (secondary N) is 2. The molecular weight excluding hydrogens is 328 g/mol. The molecule has 0 heterocycles. The highest BCUT2D eigenvalue weighted by Gasteiger charge is 2.23. The van der Waals surface area contributed by atoms with Crippen LogP contribution in [0.4, 0.5) is 5.69 Å². The van der Waals surface area contributed by atoms with Gasteiger partial charge in [-0.2, -0.15) is 0 Å². The van der Waals surface area contributed by atoms with Gasteiger partial charge in [0.1, 0.15) is 5.25 Å². The standard InChI is InChI=1S/C14H19ClN2O4S/c1-4-7-16-14(19)11-6-5-10(8-12(11)15)17-13(18)9(2)22(3,20)21/h5-6,8-9H,4,7H2,1-3H3,(H,16,19)(H,17,18). The largest absolute Gasteiger partial charge is 0.352 e. The van der Waals surface area contributed by atoms with Crippen molar-refractivity contribution in [2.45, 2.75) is 25.5 Å². The first kappa shape index (κ1) is 18.4. The van der Waals surface area contributed by atoms with Crippen molar-refractivity contribution in [1.82, 2.24) is 5.32 Å². The molecule has 0 aromatic heterocycles. The lowest BCUT2D eigenvalue weighted by atomic mass is 10.2. The Balaban J connectivity index is 2.86. The topological polar surface area (TPSA) is 92.3 Å². The SMILES string of the molecule is CCCNC(=O)c1ccc(NC(=O)C(C)S(C)(=O)=O)cc1Cl. The van der Waals surface area contributed by atoms with E-state index in [1.807, 2.05) is 6.92 Å². The molecule has 2 N–H and O–H groups in total. The Kier molecular flexibility index (Phi) is 6.37. The summed E-state index contributed by atoms with van der Waals surface area (Å²) in [6.45, 7) is 3.78. The summed E-state index contributed by atoms with van der Waals surface area (Å²) in [7, 11) is -3.47. The van der Waals surface area contributed by atoms with E-state index < -0.39 is 21.0 Å². The predicted octanol–water partition coefficient (Wildman–Crippen LogP) is 1.85. The average molecular weight is 347 g/mol. The van der Waals surface area contributed by atoms with Gasteiger partial charge in [-0.15, -0.1) is 0 Å². The van der Waals surface area contributed by atoms with Crippen LogP contribution in [0.25, 0.3) is 0 Å². The van der Waals surface area contributed by atoms with Gasteiger partial charge in [-0.3, -0.25) is 9.59 Å². The maximum atomic E-state index is 11.8. The minimum Gasteiger partial charge on any atom is -0.352 e. The molecule has 8 heteroatoms. The molecule has 22 heavy (non-hydrogen) atoms. The molecule has 6 nitrogen and oxygen atoms in total. The number of halogens is 1. The second-order valence-electron chi connectivity index (χ2n) is 4.91. The van der Waals surface area contributed by atoms with Crippen molar-refractivity contribution in [3.8, 4) is 0 Å². The number of carbonyl (C=O) groups excluding carboxylic acids is 2. The number of sulfone groups is 1. The molecule has 0 aliphatic rings. The van der Waals surface area contributed by atoms with E-state index in [2.05, 4.69) is 10.6 Å². The molecule has 0 aliphatic carbocycles. The van der Waals surface area contributed by atoms with Crippen LogP contribution in [0.1, 0.15) is 30.6 Å². The number of hydrogen-bond donors (Lipinski definition) is 2. The normalized spacial score (nSPS) is 12.5. The fourth-order valence-electron chi connectivity index (χ4n) is 1.55. The Bertz CT molecular complexity index is 673. The van der Waals surface area contributed by atoms with E-state index in [0.717, 1.165) is 12.7 Å². The third kappa shape index (κ3) is 4.99. The molecule has 0 spiro atoms. The Morgan fingerprint density at radius 2 is 1.95 bits per heavy atom. The number of amides is 2. The Labute approximate surface area is 135 Å². The van der Waals surface area contributed by atoms with Gasteiger partial charge in [0.2, 0.25) is 5.91 Å². The number of hydrogen-bond acceptors (Lipinski definition) is 4. The van der Waals surface area contributed by atoms with Crippen molar-refractivity contribution in [1.29, 1.82) is 0 Å². The summed E-state index contributed by atoms with van der Waals surface area (Å²) < 4.78 is 22.7. The van der Waals surface area contributed by atoms with Crippen LogP contribution in [0.3, 0.4) is 0 Å². The summed E-state index contributed by atoms with van der Waals surface area (Å²) in [5.41, 5.74) is 0.627. The van der Waals surface area contributed by atoms with Crippen LogP contribution >= 0.6 is 11.6 Å². The van der Waals surface area contributed by atoms with E-state index in [-0.39, 0.29) is 10.9 Å². The summed E-state index contributed by atoms with van der Waals surface area (Å²) in [6, 6.07) is 4.39. The lowest BCUT2D eigenvalue weighted by Gasteiger charge is -2.12. The molecular formula is C14H19ClN2O4S. The van der Waals surface area contributed by atoms with Crippen LogP contribution in [0, 0.1) is 0 Å². The van der Waals surface area contributed by atoms with Gasteiger partial charge < -0.3 is 10.6 Å². The summed E-state index contributed by atoms with van der Waals surface area (Å²) in [5.74, 6) is -0.948. The van der Waals surface area contributed by atoms with Crippen LogP contribution in [0.15, 0.2) is 18.2 Å². The summed E-state index contributed by atoms with van der Waals surface area (Å²) in [4.78, 5) is 23.7. The zero-order chi connectivity index (χ0) is 16.9. The third-order valence-corrected chi connectivity index (χ3v) is 4.84. The van der Waals surface area contributed by atoms with Crippen molar-refractivity contribution in [3.63, 3.8) is 0 Å². The molecule has 0 bridgehead atoms. The minimum atomic E-state index is -3.47. The summed E-state index contributed by atoms with van der Waals surface area (Å²) in [5, 5.41) is 4.17. The Morgan fingerprint density at radius 3 is 2.45 bits per heavy atom. The average Bonchev–Trinajstić information content (AvgIpc) is 2.43. The van der Waals surface area contributed by atoms with E-state index in [4.69, 9.17) is 11.6 Å². The van der Waals surface area contributed by atoms with Crippen LogP contribution in [0.5, 0.6) is 0 Å². The minimum absolute atomic E-state index is 0.179. The lowest BCUT2D eigenvalue weighted by Crippen LogP contribution is -2.31. The van der Waals surface area contributed by atoms with Gasteiger partial charge in [0.05, 0.1) is 10.6 Å². The second kappa shape index (κ2) is 7.60. The van der Waals surface area contributed by atoms with Gasteiger partial charge in [-0.1, -0.05) is 18.5 Å². The summed E-state index contributed by atoms with van der Waals surface area (Å²) in [6.07, 6.45) is 1.80. The van der Waals surface area contributed by atoms with Crippen LogP contribution < -0.4 is 10.6 Å². The van der Waals surface area contributed by atoms with Crippen molar-refractivity contribution >= 4 is 38.9 Å². The van der Waals surface area contributed by atoms with E-state index in [9.17, 15) is 18.0 Å². The van der Waals surface area contributed by atoms with Gasteiger partial charge in [0.15, 0.2) is 9.84 Å². The number of benzene rings is 1. The number of rotatable bonds is 6. The molecule has 1 aromatic carbocycles. The molecule has 0 radical (unpaired) electrons. The molecule has 0 fully saturated rings. The van der Waals surface area contributed by atoms with E-state index in [1.54, 1.807) is 0 Å². The highest BCUT2D eigenvalue weighted by molar-refractivity contribution is 7.92. The number of carbonyl (C=O) groups is 2. The molecule has 1 atom stereocenters. The quantitative estimate of drug-likeness (QED) is 0.822. The molecule has 2 amide bonds. The van der Waals surface area contributed by atoms with E-state index >= 15 is 0 Å². The van der Waals surface area contributed by atoms with Crippen molar-refractivity contribution < 1.29 is 18.0 Å². The highest BCUT2D eigenvalue weighted by Crippen LogP contribution is 2.21. The number of anilines is 1. The lowest BCUT2D eigenvalue weighted by molar-refractivity contribution is -0.115. The molecule has 1 rings (SSSR count). The Morgan fingerprint density at radius 1 is 1.32 bits per heavy atom. The smallest absolute Gasteiger partial charge is 0.252 e. The first-order chi connectivity index (χ1) is 10.2. The second-order valence-corrected chi connectivity index (χ2v) is 7.68. The van der Waals surface area contributed by atoms with Gasteiger partial charge >= 0.3 is 0 Å². The molecule has 1 unspecified atom stereocenters. The third-order valence-electron chi connectivity index (χ3n) is 3.03. The monoisotopic (exact) mass is 346 g/mol. The zero-order valence-corrected chi connectivity index (χ0v) is 14.2. The fraction of sp³-hybridized carbons (Fsp3) is 0.429. The van der Waals surface area contributed by atoms with Gasteiger partial charge in [-0.25, -0.2) is 8.42 Å². The highest BCUT2D eigenvalue weighted by atomic mass is 35.5. The van der Waals surface area contributed by atoms with Gasteiger partial charge in [-0.05, 0) is 31.5 Å². The van der Waals surface area contributed by atoms with Crippen molar-refractivity contribution in [3.05, 3.63) is 28.8 Å². The maximum Gasteiger partial charge on any atom is 0.252 e. The Hall–Kier alpha value is -1.60. The van der Waals surface area contributed by atoms with E-state index in [0.29, 0.717) is 17.8 Å². The van der Waals surface area contributed by atoms with Crippen molar-refractivity contribution in [2.24, 2.45) is 0 Å². The first-order valence-electron chi connectivity index (χ1n) is 6.74. The van der Waals surface area contributed by atoms with Crippen molar-refractivity contribution in [2.75, 3.05) is 18.1 Å². The molecule has 0 saturated carbocycles. The van der Waals surface area contributed by atoms with Crippen LogP contribution in [-0.2, 0) is 14.6 Å². The molecule has 0 saturated heterocycles. The van der Waals surface area contributed by atoms with Crippen LogP contribution in [0.2, 0.25) is 5.02 Å². The summed E-state index contributed by atoms with van der Waals surface area (Å²) >= 11 is 6.03. The van der Waals surface area contributed by atoms with Gasteiger partial charge in [0, 0.05) is 18.5 Å². The molecule has 1 aromatic rings. The first-order valence-corrected chi connectivity index (χ1v) is 9.07. The maximum absolute atomic E-state index is 11.8. The van der Waals surface area contributed by atoms with Gasteiger partial charge in [0.25, 0.3) is 5.91 Å².